The van der Waals surface area contributed by atoms with Crippen LogP contribution < -0.4 is 11.5 Å². The number of alkyl halides is 1. The largest absolute Gasteiger partial charge is 0.370 e. The third kappa shape index (κ3) is 6.87. The number of Topliss-reactive ketones (excluding diaryl/α,β-unsaturated/α-hetero) is 2. The predicted molar refractivity (Wildman–Crippen MR) is 107 cm³/mol. The van der Waals surface area contributed by atoms with Crippen molar-refractivity contribution in [3.05, 3.63) is 0 Å². The van der Waals surface area contributed by atoms with Gasteiger partial charge in [-0.25, -0.2) is 4.39 Å². The van der Waals surface area contributed by atoms with Crippen LogP contribution in [0.1, 0.15) is 59.3 Å². The Kier molecular flexibility index (Phi) is 10.1. The van der Waals surface area contributed by atoms with Crippen LogP contribution in [0.3, 0.4) is 0 Å². The standard InChI is InChI=1S/C20H35FN4O3/c1-4-15(13(2)3)19(28)25-10-6-8-16(25)17(26)11-14(18(27)12-21)7-5-9-24-20(22)23/h13-16H,4-12H2,1-3H3,(H4,22,23,24)/t14-,15+,16+/m1/s1. The predicted octanol–water partition coefficient (Wildman–Crippen LogP) is 1.83. The van der Waals surface area contributed by atoms with E-state index in [1.54, 1.807) is 4.90 Å². The fourth-order valence-corrected chi connectivity index (χ4v) is 3.92. The average molecular weight is 399 g/mol. The zero-order chi connectivity index (χ0) is 21.3. The minimum atomic E-state index is -1.10. The summed E-state index contributed by atoms with van der Waals surface area (Å²) in [4.78, 5) is 43.2. The molecule has 3 atom stereocenters. The number of likely N-dealkylation sites (tertiary alicyclic amines) is 1. The van der Waals surface area contributed by atoms with Crippen molar-refractivity contribution in [2.45, 2.75) is 65.3 Å². The Morgan fingerprint density at radius 2 is 1.93 bits per heavy atom. The van der Waals surface area contributed by atoms with Gasteiger partial charge in [0.15, 0.2) is 17.5 Å². The van der Waals surface area contributed by atoms with Crippen molar-refractivity contribution in [1.82, 2.24) is 4.90 Å². The molecule has 0 unspecified atom stereocenters. The van der Waals surface area contributed by atoms with Crippen molar-refractivity contribution >= 4 is 23.4 Å². The summed E-state index contributed by atoms with van der Waals surface area (Å²) in [6.45, 7) is 5.77. The van der Waals surface area contributed by atoms with Gasteiger partial charge >= 0.3 is 0 Å². The monoisotopic (exact) mass is 398 g/mol. The molecule has 0 spiro atoms. The van der Waals surface area contributed by atoms with E-state index in [1.807, 2.05) is 20.8 Å². The van der Waals surface area contributed by atoms with Crippen LogP contribution in [-0.2, 0) is 14.4 Å². The summed E-state index contributed by atoms with van der Waals surface area (Å²) < 4.78 is 13.0. The number of nitrogens with two attached hydrogens (primary N) is 2. The van der Waals surface area contributed by atoms with Crippen LogP contribution in [0, 0.1) is 17.8 Å². The number of nitrogens with zero attached hydrogens (tertiary/aromatic N) is 2. The number of hydrogen-bond acceptors (Lipinski definition) is 4. The highest BCUT2D eigenvalue weighted by molar-refractivity contribution is 5.94. The maximum Gasteiger partial charge on any atom is 0.226 e. The maximum absolute atomic E-state index is 13.0. The molecule has 7 nitrogen and oxygen atoms in total. The molecule has 0 saturated carbocycles. The van der Waals surface area contributed by atoms with Crippen LogP contribution in [0.5, 0.6) is 0 Å². The number of guanidine groups is 1. The van der Waals surface area contributed by atoms with Gasteiger partial charge in [-0.3, -0.25) is 19.4 Å². The van der Waals surface area contributed by atoms with E-state index in [0.717, 1.165) is 12.8 Å². The first-order valence-electron chi connectivity index (χ1n) is 10.2. The van der Waals surface area contributed by atoms with E-state index < -0.39 is 24.4 Å². The maximum atomic E-state index is 13.0. The quantitative estimate of drug-likeness (QED) is 0.295. The summed E-state index contributed by atoms with van der Waals surface area (Å²) in [6.07, 6.45) is 2.88. The molecule has 0 aromatic heterocycles. The number of carbonyl (C=O) groups is 3. The van der Waals surface area contributed by atoms with E-state index in [2.05, 4.69) is 4.99 Å². The van der Waals surface area contributed by atoms with Gasteiger partial charge in [0, 0.05) is 31.3 Å². The zero-order valence-corrected chi connectivity index (χ0v) is 17.3. The van der Waals surface area contributed by atoms with Crippen LogP contribution in [-0.4, -0.2) is 54.1 Å². The Bertz CT molecular complexity index is 576. The van der Waals surface area contributed by atoms with Gasteiger partial charge in [0.1, 0.15) is 6.67 Å². The number of hydrogen-bond donors (Lipinski definition) is 2. The van der Waals surface area contributed by atoms with E-state index in [0.29, 0.717) is 32.4 Å². The highest BCUT2D eigenvalue weighted by atomic mass is 19.1. The second-order valence-electron chi connectivity index (χ2n) is 7.86. The summed E-state index contributed by atoms with van der Waals surface area (Å²) in [5.74, 6) is -1.38. The van der Waals surface area contributed by atoms with Crippen molar-refractivity contribution in [3.8, 4) is 0 Å². The Labute approximate surface area is 167 Å². The lowest BCUT2D eigenvalue weighted by Gasteiger charge is -2.30. The number of halogens is 1. The van der Waals surface area contributed by atoms with E-state index in [-0.39, 0.29) is 35.9 Å². The minimum absolute atomic E-state index is 0.00877. The molecule has 160 valence electrons. The summed E-state index contributed by atoms with van der Waals surface area (Å²) >= 11 is 0. The van der Waals surface area contributed by atoms with Gasteiger partial charge in [-0.15, -0.1) is 0 Å². The Morgan fingerprint density at radius 3 is 2.46 bits per heavy atom. The lowest BCUT2D eigenvalue weighted by Crippen LogP contribution is -2.45. The fraction of sp³-hybridized carbons (Fsp3) is 0.800. The van der Waals surface area contributed by atoms with Crippen LogP contribution in [0.15, 0.2) is 4.99 Å². The molecule has 1 aliphatic heterocycles. The molecule has 0 radical (unpaired) electrons. The van der Waals surface area contributed by atoms with Gasteiger partial charge < -0.3 is 16.4 Å². The van der Waals surface area contributed by atoms with E-state index >= 15 is 0 Å². The highest BCUT2D eigenvalue weighted by Gasteiger charge is 2.38. The molecular weight excluding hydrogens is 363 g/mol. The molecule has 1 heterocycles. The lowest BCUT2D eigenvalue weighted by molar-refractivity contribution is -0.142. The first-order valence-corrected chi connectivity index (χ1v) is 10.2. The van der Waals surface area contributed by atoms with Crippen LogP contribution >= 0.6 is 0 Å². The van der Waals surface area contributed by atoms with Crippen LogP contribution in [0.2, 0.25) is 0 Å². The molecule has 0 aliphatic carbocycles. The number of amides is 1. The number of carbonyl (C=O) groups excluding carboxylic acids is 3. The number of rotatable bonds is 12. The Balaban J connectivity index is 2.78. The van der Waals surface area contributed by atoms with Gasteiger partial charge in [-0.1, -0.05) is 20.8 Å². The topological polar surface area (TPSA) is 119 Å². The third-order valence-corrected chi connectivity index (χ3v) is 5.51. The first kappa shape index (κ1) is 24.0. The summed E-state index contributed by atoms with van der Waals surface area (Å²) in [5, 5.41) is 0. The van der Waals surface area contributed by atoms with Gasteiger partial charge in [0.2, 0.25) is 5.91 Å². The summed E-state index contributed by atoms with van der Waals surface area (Å²) in [5.41, 5.74) is 10.5. The molecule has 28 heavy (non-hydrogen) atoms. The fourth-order valence-electron chi connectivity index (χ4n) is 3.92. The van der Waals surface area contributed by atoms with Gasteiger partial charge in [-0.05, 0) is 38.0 Å². The first-order chi connectivity index (χ1) is 13.2. The molecule has 1 saturated heterocycles. The molecule has 0 aromatic rings. The van der Waals surface area contributed by atoms with Crippen LogP contribution in [0.25, 0.3) is 0 Å². The lowest BCUT2D eigenvalue weighted by atomic mass is 9.89. The van der Waals surface area contributed by atoms with Crippen molar-refractivity contribution in [2.24, 2.45) is 34.2 Å². The van der Waals surface area contributed by atoms with Gasteiger partial charge in [-0.2, -0.15) is 0 Å². The second kappa shape index (κ2) is 11.8. The van der Waals surface area contributed by atoms with E-state index in [9.17, 15) is 18.8 Å². The normalized spacial score (nSPS) is 18.8. The van der Waals surface area contributed by atoms with E-state index in [4.69, 9.17) is 11.5 Å². The SMILES string of the molecule is CC[C@H](C(=O)N1CCC[C@H]1C(=O)C[C@@H](CCCN=C(N)N)C(=O)CF)C(C)C. The molecule has 1 aliphatic rings. The highest BCUT2D eigenvalue weighted by Crippen LogP contribution is 2.27. The summed E-state index contributed by atoms with van der Waals surface area (Å²) in [7, 11) is 0. The van der Waals surface area contributed by atoms with E-state index in [1.165, 1.54) is 0 Å². The number of ketones is 2. The second-order valence-corrected chi connectivity index (χ2v) is 7.86. The minimum Gasteiger partial charge on any atom is -0.370 e. The smallest absolute Gasteiger partial charge is 0.226 e. The van der Waals surface area contributed by atoms with Crippen molar-refractivity contribution in [3.63, 3.8) is 0 Å². The third-order valence-electron chi connectivity index (χ3n) is 5.51. The average Bonchev–Trinajstić information content (AvgIpc) is 3.13. The van der Waals surface area contributed by atoms with Crippen LogP contribution in [0.4, 0.5) is 4.39 Å². The molecule has 8 heteroatoms. The Morgan fingerprint density at radius 1 is 1.25 bits per heavy atom. The molecule has 1 amide bonds. The van der Waals surface area contributed by atoms with Crippen molar-refractivity contribution < 1.29 is 18.8 Å². The molecule has 0 bridgehead atoms. The molecule has 1 rings (SSSR count). The molecule has 4 N–H and O–H groups in total. The molecule has 1 fully saturated rings. The summed E-state index contributed by atoms with van der Waals surface area (Å²) in [6, 6.07) is -0.507. The van der Waals surface area contributed by atoms with Crippen molar-refractivity contribution in [1.29, 1.82) is 0 Å². The number of aliphatic imine (C=N–C) groups is 1. The molecule has 0 aromatic carbocycles. The van der Waals surface area contributed by atoms with Gasteiger partial charge in [0.25, 0.3) is 0 Å². The Hall–Kier alpha value is -1.99. The molecular formula is C20H35FN4O3. The van der Waals surface area contributed by atoms with Gasteiger partial charge in [0.05, 0.1) is 6.04 Å². The zero-order valence-electron chi connectivity index (χ0n) is 17.3. The van der Waals surface area contributed by atoms with Crippen molar-refractivity contribution in [2.75, 3.05) is 19.8 Å².